The maximum atomic E-state index is 14.6. The molecular formula is C18H14F4N4O. The van der Waals surface area contributed by atoms with E-state index in [4.69, 9.17) is 0 Å². The molecule has 0 radical (unpaired) electrons. The van der Waals surface area contributed by atoms with Gasteiger partial charge in [0.25, 0.3) is 5.56 Å². The fourth-order valence-corrected chi connectivity index (χ4v) is 3.68. The van der Waals surface area contributed by atoms with Gasteiger partial charge in [-0.05, 0) is 48.7 Å². The predicted molar refractivity (Wildman–Crippen MR) is 90.5 cm³/mol. The van der Waals surface area contributed by atoms with Crippen molar-refractivity contribution in [3.05, 3.63) is 75.7 Å². The van der Waals surface area contributed by atoms with Crippen LogP contribution in [0.4, 0.5) is 28.9 Å². The van der Waals surface area contributed by atoms with Crippen LogP contribution in [-0.4, -0.2) is 21.4 Å². The van der Waals surface area contributed by atoms with Crippen LogP contribution in [0.5, 0.6) is 0 Å². The van der Waals surface area contributed by atoms with Gasteiger partial charge in [-0.1, -0.05) is 0 Å². The van der Waals surface area contributed by atoms with Gasteiger partial charge in [0.05, 0.1) is 5.69 Å². The number of anilines is 2. The Morgan fingerprint density at radius 2 is 1.89 bits per heavy atom. The topological polar surface area (TPSA) is 73.6 Å². The lowest BCUT2D eigenvalue weighted by Gasteiger charge is -2.42. The highest BCUT2D eigenvalue weighted by atomic mass is 19.4. The van der Waals surface area contributed by atoms with Crippen LogP contribution in [0.15, 0.2) is 47.5 Å². The number of hydrogen-bond donors (Lipinski definition) is 3. The fourth-order valence-electron chi connectivity index (χ4n) is 3.68. The van der Waals surface area contributed by atoms with Crippen molar-refractivity contribution in [1.82, 2.24) is 15.2 Å². The lowest BCUT2D eigenvalue weighted by molar-refractivity contribution is -0.180. The third-order valence-electron chi connectivity index (χ3n) is 4.92. The largest absolute Gasteiger partial charge is 0.402 e. The first-order valence-corrected chi connectivity index (χ1v) is 8.17. The summed E-state index contributed by atoms with van der Waals surface area (Å²) in [5.74, 6) is -0.780. The van der Waals surface area contributed by atoms with Crippen LogP contribution in [0, 0.1) is 5.82 Å². The van der Waals surface area contributed by atoms with Gasteiger partial charge in [-0.15, -0.1) is 0 Å². The molecule has 3 N–H and O–H groups in total. The van der Waals surface area contributed by atoms with Crippen LogP contribution in [0.25, 0.3) is 0 Å². The number of benzene rings is 1. The van der Waals surface area contributed by atoms with E-state index in [1.807, 2.05) is 0 Å². The van der Waals surface area contributed by atoms with Crippen LogP contribution < -0.4 is 10.9 Å². The number of aromatic nitrogens is 3. The zero-order valence-corrected chi connectivity index (χ0v) is 13.8. The van der Waals surface area contributed by atoms with Crippen molar-refractivity contribution in [2.75, 3.05) is 5.32 Å². The molecule has 0 saturated carbocycles. The Kier molecular flexibility index (Phi) is 3.83. The second kappa shape index (κ2) is 5.97. The molecule has 0 amide bonds. The Morgan fingerprint density at radius 1 is 1.07 bits per heavy atom. The molecule has 4 rings (SSSR count). The van der Waals surface area contributed by atoms with Crippen LogP contribution in [-0.2, 0) is 11.8 Å². The number of aryl methyl sites for hydroxylation is 1. The SMILES string of the molecule is O=c1[nH]ccc2c1Nc1ccc(F)cc1C2(CCc1cc[nH]n1)C(F)(F)F. The van der Waals surface area contributed by atoms with Crippen molar-refractivity contribution < 1.29 is 17.6 Å². The standard InChI is InChI=1S/C18H14F4N4O/c19-10-1-2-14-13(9-10)17(18(20,21)22,6-3-11-4-8-24-26-11)12-5-7-23-16(27)15(12)25-14/h1-2,4-5,7-9,25H,3,6H2,(H,23,27)(H,24,26). The van der Waals surface area contributed by atoms with Gasteiger partial charge >= 0.3 is 6.18 Å². The molecule has 140 valence electrons. The second-order valence-electron chi connectivity index (χ2n) is 6.38. The number of aromatic amines is 2. The quantitative estimate of drug-likeness (QED) is 0.608. The monoisotopic (exact) mass is 378 g/mol. The van der Waals surface area contributed by atoms with E-state index in [-0.39, 0.29) is 28.9 Å². The van der Waals surface area contributed by atoms with Crippen LogP contribution in [0.1, 0.15) is 23.2 Å². The van der Waals surface area contributed by atoms with Crippen molar-refractivity contribution in [3.8, 4) is 0 Å². The summed E-state index contributed by atoms with van der Waals surface area (Å²) in [5.41, 5.74) is -3.37. The second-order valence-corrected chi connectivity index (χ2v) is 6.38. The van der Waals surface area contributed by atoms with E-state index in [1.54, 1.807) is 6.07 Å². The predicted octanol–water partition coefficient (Wildman–Crippen LogP) is 3.78. The zero-order chi connectivity index (χ0) is 19.2. The molecule has 27 heavy (non-hydrogen) atoms. The molecule has 1 aliphatic rings. The summed E-state index contributed by atoms with van der Waals surface area (Å²) in [6, 6.07) is 5.95. The van der Waals surface area contributed by atoms with Crippen LogP contribution in [0.2, 0.25) is 0 Å². The summed E-state index contributed by atoms with van der Waals surface area (Å²) in [4.78, 5) is 14.6. The summed E-state index contributed by atoms with van der Waals surface area (Å²) < 4.78 is 57.6. The van der Waals surface area contributed by atoms with E-state index in [9.17, 15) is 22.4 Å². The normalized spacial score (nSPS) is 18.5. The molecular weight excluding hydrogens is 364 g/mol. The Balaban J connectivity index is 1.99. The number of nitrogens with one attached hydrogen (secondary N) is 3. The molecule has 1 aromatic carbocycles. The molecule has 0 spiro atoms. The maximum absolute atomic E-state index is 14.6. The Hall–Kier alpha value is -3.10. The Bertz CT molecular complexity index is 1040. The molecule has 1 atom stereocenters. The number of hydrogen-bond acceptors (Lipinski definition) is 3. The van der Waals surface area contributed by atoms with E-state index in [2.05, 4.69) is 20.5 Å². The minimum absolute atomic E-state index is 0.00873. The molecule has 3 heterocycles. The fraction of sp³-hybridized carbons (Fsp3) is 0.222. The summed E-state index contributed by atoms with van der Waals surface area (Å²) in [7, 11) is 0. The van der Waals surface area contributed by atoms with E-state index >= 15 is 0 Å². The van der Waals surface area contributed by atoms with E-state index in [0.717, 1.165) is 12.1 Å². The van der Waals surface area contributed by atoms with E-state index < -0.39 is 29.4 Å². The molecule has 2 aromatic heterocycles. The summed E-state index contributed by atoms with van der Waals surface area (Å²) >= 11 is 0. The lowest BCUT2D eigenvalue weighted by Crippen LogP contribution is -2.47. The van der Waals surface area contributed by atoms with Gasteiger partial charge in [-0.25, -0.2) is 4.39 Å². The highest BCUT2D eigenvalue weighted by molar-refractivity contribution is 5.76. The van der Waals surface area contributed by atoms with Crippen molar-refractivity contribution in [1.29, 1.82) is 0 Å². The summed E-state index contributed by atoms with van der Waals surface area (Å²) in [5, 5.41) is 9.20. The van der Waals surface area contributed by atoms with E-state index in [1.165, 1.54) is 24.5 Å². The Labute approximate surface area is 150 Å². The van der Waals surface area contributed by atoms with E-state index in [0.29, 0.717) is 5.69 Å². The third kappa shape index (κ3) is 2.61. The van der Waals surface area contributed by atoms with Crippen molar-refractivity contribution >= 4 is 11.4 Å². The van der Waals surface area contributed by atoms with Crippen molar-refractivity contribution in [3.63, 3.8) is 0 Å². The first-order valence-electron chi connectivity index (χ1n) is 8.17. The third-order valence-corrected chi connectivity index (χ3v) is 4.92. The van der Waals surface area contributed by atoms with Gasteiger partial charge in [0.1, 0.15) is 16.9 Å². The molecule has 0 saturated heterocycles. The zero-order valence-electron chi connectivity index (χ0n) is 13.8. The molecule has 1 aliphatic heterocycles. The van der Waals surface area contributed by atoms with Gasteiger partial charge in [0.2, 0.25) is 0 Å². The van der Waals surface area contributed by atoms with Crippen molar-refractivity contribution in [2.45, 2.75) is 24.4 Å². The number of rotatable bonds is 3. The summed E-state index contributed by atoms with van der Waals surface area (Å²) in [6.45, 7) is 0. The highest BCUT2D eigenvalue weighted by Crippen LogP contribution is 2.55. The Morgan fingerprint density at radius 3 is 2.59 bits per heavy atom. The van der Waals surface area contributed by atoms with Gasteiger partial charge in [0, 0.05) is 23.6 Å². The number of alkyl halides is 3. The number of halogens is 4. The number of fused-ring (bicyclic) bond motifs is 2. The van der Waals surface area contributed by atoms with Crippen LogP contribution in [0.3, 0.4) is 0 Å². The number of pyridine rings is 1. The molecule has 5 nitrogen and oxygen atoms in total. The maximum Gasteiger partial charge on any atom is 0.402 e. The van der Waals surface area contributed by atoms with Gasteiger partial charge in [-0.3, -0.25) is 9.89 Å². The molecule has 0 fully saturated rings. The summed E-state index contributed by atoms with van der Waals surface area (Å²) in [6.07, 6.45) is -2.51. The minimum atomic E-state index is -4.77. The average Bonchev–Trinajstić information content (AvgIpc) is 3.12. The van der Waals surface area contributed by atoms with Gasteiger partial charge < -0.3 is 10.3 Å². The molecule has 9 heteroatoms. The lowest BCUT2D eigenvalue weighted by atomic mass is 9.67. The van der Waals surface area contributed by atoms with Crippen molar-refractivity contribution in [2.24, 2.45) is 0 Å². The molecule has 0 bridgehead atoms. The minimum Gasteiger partial charge on any atom is -0.351 e. The molecule has 0 aliphatic carbocycles. The molecule has 3 aromatic rings. The van der Waals surface area contributed by atoms with Crippen LogP contribution >= 0.6 is 0 Å². The number of nitrogens with zero attached hydrogens (tertiary/aromatic N) is 1. The van der Waals surface area contributed by atoms with Gasteiger partial charge in [-0.2, -0.15) is 18.3 Å². The molecule has 1 unspecified atom stereocenters. The highest BCUT2D eigenvalue weighted by Gasteiger charge is 2.60. The first-order chi connectivity index (χ1) is 12.8. The average molecular weight is 378 g/mol. The first kappa shape index (κ1) is 17.3. The number of H-pyrrole nitrogens is 2. The van der Waals surface area contributed by atoms with Gasteiger partial charge in [0.15, 0.2) is 0 Å². The smallest absolute Gasteiger partial charge is 0.351 e.